The fraction of sp³-hybridized carbons (Fsp3) is 0.381. The van der Waals surface area contributed by atoms with E-state index in [0.717, 1.165) is 28.3 Å². The van der Waals surface area contributed by atoms with Crippen LogP contribution in [0.4, 0.5) is 0 Å². The maximum atomic E-state index is 5.75. The maximum Gasteiger partial charge on any atom is 0.161 e. The monoisotopic (exact) mass is 372 g/mol. The summed E-state index contributed by atoms with van der Waals surface area (Å²) in [6, 6.07) is 11.5. The molecule has 0 atom stereocenters. The second-order valence-electron chi connectivity index (χ2n) is 5.72. The third-order valence-electron chi connectivity index (χ3n) is 3.93. The molecule has 2 rings (SSSR count). The highest BCUT2D eigenvalue weighted by Crippen LogP contribution is 2.30. The van der Waals surface area contributed by atoms with Gasteiger partial charge in [-0.05, 0) is 50.6 Å². The van der Waals surface area contributed by atoms with E-state index in [1.54, 1.807) is 14.2 Å². The van der Waals surface area contributed by atoms with E-state index in [4.69, 9.17) is 18.9 Å². The lowest BCUT2D eigenvalue weighted by Crippen LogP contribution is -2.12. The first-order valence-corrected chi connectivity index (χ1v) is 9.01. The van der Waals surface area contributed by atoms with Crippen molar-refractivity contribution >= 4 is 5.71 Å². The minimum atomic E-state index is 0.554. The summed E-state index contributed by atoms with van der Waals surface area (Å²) in [5.74, 6) is 2.92. The Morgan fingerprint density at radius 2 is 1.52 bits per heavy atom. The Morgan fingerprint density at radius 3 is 2.07 bits per heavy atom. The summed E-state index contributed by atoms with van der Waals surface area (Å²) in [5.41, 5.74) is 5.80. The Hall–Kier alpha value is -2.89. The SMILES string of the molecule is CCOc1cccc(OCC)c1/C(C)=N\NCc1ccc(OC)c(OC)c1. The lowest BCUT2D eigenvalue weighted by molar-refractivity contribution is 0.322. The van der Waals surface area contributed by atoms with Crippen molar-refractivity contribution in [3.8, 4) is 23.0 Å². The number of rotatable bonds is 10. The van der Waals surface area contributed by atoms with Gasteiger partial charge in [-0.1, -0.05) is 12.1 Å². The van der Waals surface area contributed by atoms with Gasteiger partial charge in [0.15, 0.2) is 11.5 Å². The van der Waals surface area contributed by atoms with Crippen molar-refractivity contribution in [3.05, 3.63) is 47.5 Å². The average molecular weight is 372 g/mol. The first kappa shape index (κ1) is 20.4. The molecule has 0 bridgehead atoms. The van der Waals surface area contributed by atoms with Crippen LogP contribution in [0.15, 0.2) is 41.5 Å². The van der Waals surface area contributed by atoms with Crippen molar-refractivity contribution in [2.45, 2.75) is 27.3 Å². The minimum Gasteiger partial charge on any atom is -0.493 e. The van der Waals surface area contributed by atoms with Crippen LogP contribution >= 0.6 is 0 Å². The summed E-state index contributed by atoms with van der Waals surface area (Å²) in [6.07, 6.45) is 0. The molecule has 2 aromatic rings. The standard InChI is InChI=1S/C21H28N2O4/c1-6-26-18-9-8-10-19(27-7-2)21(18)15(3)23-22-14-16-11-12-17(24-4)20(13-16)25-5/h8-13,22H,6-7,14H2,1-5H3/b23-15-. The highest BCUT2D eigenvalue weighted by molar-refractivity contribution is 6.03. The van der Waals surface area contributed by atoms with E-state index in [-0.39, 0.29) is 0 Å². The van der Waals surface area contributed by atoms with Crippen LogP contribution in [-0.2, 0) is 6.54 Å². The second-order valence-corrected chi connectivity index (χ2v) is 5.72. The van der Waals surface area contributed by atoms with Gasteiger partial charge in [-0.25, -0.2) is 0 Å². The van der Waals surface area contributed by atoms with Gasteiger partial charge in [-0.3, -0.25) is 0 Å². The minimum absolute atomic E-state index is 0.554. The molecule has 0 amide bonds. The molecular weight excluding hydrogens is 344 g/mol. The molecule has 0 aromatic heterocycles. The first-order chi connectivity index (χ1) is 13.1. The van der Waals surface area contributed by atoms with Crippen molar-refractivity contribution in [1.29, 1.82) is 0 Å². The zero-order valence-electron chi connectivity index (χ0n) is 16.7. The Morgan fingerprint density at radius 1 is 0.889 bits per heavy atom. The normalized spacial score (nSPS) is 11.1. The van der Waals surface area contributed by atoms with Gasteiger partial charge in [0.05, 0.1) is 45.3 Å². The van der Waals surface area contributed by atoms with Crippen LogP contribution in [0.3, 0.4) is 0 Å². The fourth-order valence-electron chi connectivity index (χ4n) is 2.72. The fourth-order valence-corrected chi connectivity index (χ4v) is 2.72. The Labute approximate surface area is 161 Å². The number of methoxy groups -OCH3 is 2. The highest BCUT2D eigenvalue weighted by Gasteiger charge is 2.14. The summed E-state index contributed by atoms with van der Waals surface area (Å²) < 4.78 is 22.1. The molecule has 146 valence electrons. The van der Waals surface area contributed by atoms with Gasteiger partial charge in [0.1, 0.15) is 11.5 Å². The molecule has 0 aliphatic heterocycles. The van der Waals surface area contributed by atoms with Crippen LogP contribution in [0.25, 0.3) is 0 Å². The molecule has 6 nitrogen and oxygen atoms in total. The van der Waals surface area contributed by atoms with Crippen LogP contribution in [0.5, 0.6) is 23.0 Å². The summed E-state index contributed by atoms with van der Waals surface area (Å²) in [6.45, 7) is 7.56. The molecule has 0 fully saturated rings. The Balaban J connectivity index is 2.18. The topological polar surface area (TPSA) is 61.3 Å². The van der Waals surface area contributed by atoms with E-state index in [2.05, 4.69) is 10.5 Å². The molecule has 0 saturated carbocycles. The summed E-state index contributed by atoms with van der Waals surface area (Å²) in [7, 11) is 3.24. The van der Waals surface area contributed by atoms with Crippen LogP contribution in [-0.4, -0.2) is 33.1 Å². The summed E-state index contributed by atoms with van der Waals surface area (Å²) in [4.78, 5) is 0. The number of nitrogens with zero attached hydrogens (tertiary/aromatic N) is 1. The molecule has 0 aliphatic rings. The van der Waals surface area contributed by atoms with Crippen molar-refractivity contribution in [1.82, 2.24) is 5.43 Å². The third-order valence-corrected chi connectivity index (χ3v) is 3.93. The second kappa shape index (κ2) is 10.3. The lowest BCUT2D eigenvalue weighted by atomic mass is 10.1. The molecule has 6 heteroatoms. The van der Waals surface area contributed by atoms with Gasteiger partial charge in [0, 0.05) is 0 Å². The molecule has 0 radical (unpaired) electrons. The highest BCUT2D eigenvalue weighted by atomic mass is 16.5. The summed E-state index contributed by atoms with van der Waals surface area (Å²) >= 11 is 0. The molecule has 2 aromatic carbocycles. The summed E-state index contributed by atoms with van der Waals surface area (Å²) in [5, 5.41) is 4.51. The molecule has 0 spiro atoms. The lowest BCUT2D eigenvalue weighted by Gasteiger charge is -2.15. The quantitative estimate of drug-likeness (QED) is 0.504. The molecule has 0 unspecified atom stereocenters. The number of hydrogen-bond acceptors (Lipinski definition) is 6. The molecule has 0 heterocycles. The van der Waals surface area contributed by atoms with E-state index in [1.165, 1.54) is 0 Å². The Kier molecular flexibility index (Phi) is 7.79. The van der Waals surface area contributed by atoms with Gasteiger partial charge in [0.2, 0.25) is 0 Å². The van der Waals surface area contributed by atoms with Gasteiger partial charge < -0.3 is 24.4 Å². The zero-order valence-corrected chi connectivity index (χ0v) is 16.7. The average Bonchev–Trinajstić information content (AvgIpc) is 2.68. The third kappa shape index (κ3) is 5.29. The van der Waals surface area contributed by atoms with E-state index in [9.17, 15) is 0 Å². The molecule has 0 aliphatic carbocycles. The van der Waals surface area contributed by atoms with Crippen molar-refractivity contribution in [2.75, 3.05) is 27.4 Å². The number of nitrogens with one attached hydrogen (secondary N) is 1. The molecule has 0 saturated heterocycles. The van der Waals surface area contributed by atoms with Crippen LogP contribution in [0, 0.1) is 0 Å². The van der Waals surface area contributed by atoms with Gasteiger partial charge in [-0.15, -0.1) is 0 Å². The van der Waals surface area contributed by atoms with E-state index < -0.39 is 0 Å². The van der Waals surface area contributed by atoms with E-state index in [0.29, 0.717) is 31.3 Å². The number of benzene rings is 2. The van der Waals surface area contributed by atoms with Gasteiger partial charge >= 0.3 is 0 Å². The zero-order chi connectivity index (χ0) is 19.6. The predicted molar refractivity (Wildman–Crippen MR) is 107 cm³/mol. The smallest absolute Gasteiger partial charge is 0.161 e. The molecular formula is C21H28N2O4. The van der Waals surface area contributed by atoms with Gasteiger partial charge in [0.25, 0.3) is 0 Å². The maximum absolute atomic E-state index is 5.75. The van der Waals surface area contributed by atoms with Crippen LogP contribution in [0.2, 0.25) is 0 Å². The van der Waals surface area contributed by atoms with Crippen molar-refractivity contribution in [2.24, 2.45) is 5.10 Å². The first-order valence-electron chi connectivity index (χ1n) is 9.01. The van der Waals surface area contributed by atoms with Crippen LogP contribution in [0.1, 0.15) is 31.9 Å². The molecule has 1 N–H and O–H groups in total. The van der Waals surface area contributed by atoms with Crippen molar-refractivity contribution in [3.63, 3.8) is 0 Å². The van der Waals surface area contributed by atoms with Crippen molar-refractivity contribution < 1.29 is 18.9 Å². The molecule has 27 heavy (non-hydrogen) atoms. The number of hydrazone groups is 1. The largest absolute Gasteiger partial charge is 0.493 e. The van der Waals surface area contributed by atoms with E-state index in [1.807, 2.05) is 57.2 Å². The predicted octanol–water partition coefficient (Wildman–Crippen LogP) is 4.02. The number of hydrogen-bond donors (Lipinski definition) is 1. The van der Waals surface area contributed by atoms with Crippen LogP contribution < -0.4 is 24.4 Å². The Bertz CT molecular complexity index is 751. The number of ether oxygens (including phenoxy) is 4. The van der Waals surface area contributed by atoms with Gasteiger partial charge in [-0.2, -0.15) is 5.10 Å². The van der Waals surface area contributed by atoms with E-state index >= 15 is 0 Å².